The number of amides is 2. The van der Waals surface area contributed by atoms with Gasteiger partial charge in [-0.15, -0.1) is 0 Å². The van der Waals surface area contributed by atoms with E-state index in [0.29, 0.717) is 37.1 Å². The maximum atomic E-state index is 13.6. The SMILES string of the molecule is CNC(=O)C1CCN(C(=O)C(Cc2cccc(C(=N)N)c2)NS(=O)(=O)c2ccc3ccccc3c2)CC1. The fourth-order valence-corrected chi connectivity index (χ4v) is 5.88. The van der Waals surface area contributed by atoms with Crippen molar-refractivity contribution >= 4 is 38.4 Å². The second-order valence-electron chi connectivity index (χ2n) is 9.21. The number of benzene rings is 3. The molecule has 1 heterocycles. The molecule has 0 bridgehead atoms. The number of sulfonamides is 1. The van der Waals surface area contributed by atoms with E-state index in [1.807, 2.05) is 24.3 Å². The molecule has 0 aliphatic carbocycles. The number of carbonyl (C=O) groups is 2. The van der Waals surface area contributed by atoms with Crippen LogP contribution in [0.1, 0.15) is 24.0 Å². The molecule has 10 heteroatoms. The molecule has 1 aliphatic rings. The van der Waals surface area contributed by atoms with Crippen LogP contribution in [0.25, 0.3) is 10.8 Å². The van der Waals surface area contributed by atoms with Gasteiger partial charge >= 0.3 is 0 Å². The highest BCUT2D eigenvalue weighted by Gasteiger charge is 2.33. The van der Waals surface area contributed by atoms with E-state index in [4.69, 9.17) is 11.1 Å². The third kappa shape index (κ3) is 6.15. The number of hydrogen-bond acceptors (Lipinski definition) is 5. The Hall–Kier alpha value is -3.76. The number of hydrogen-bond donors (Lipinski definition) is 4. The summed E-state index contributed by atoms with van der Waals surface area (Å²) in [6.45, 7) is 0.719. The molecular weight excluding hydrogens is 490 g/mol. The lowest BCUT2D eigenvalue weighted by Crippen LogP contribution is -2.52. The van der Waals surface area contributed by atoms with E-state index < -0.39 is 16.1 Å². The number of nitrogens with two attached hydrogens (primary N) is 1. The normalized spacial score (nSPS) is 15.3. The fraction of sp³-hybridized carbons (Fsp3) is 0.296. The minimum absolute atomic E-state index is 0.0540. The van der Waals surface area contributed by atoms with E-state index in [0.717, 1.165) is 10.8 Å². The number of amidine groups is 1. The number of carbonyl (C=O) groups excluding carboxylic acids is 2. The quantitative estimate of drug-likeness (QED) is 0.265. The van der Waals surface area contributed by atoms with Crippen LogP contribution in [0.4, 0.5) is 0 Å². The van der Waals surface area contributed by atoms with Gasteiger partial charge in [0.15, 0.2) is 0 Å². The molecule has 9 nitrogen and oxygen atoms in total. The van der Waals surface area contributed by atoms with E-state index in [1.54, 1.807) is 48.3 Å². The molecule has 37 heavy (non-hydrogen) atoms. The van der Waals surface area contributed by atoms with Gasteiger partial charge in [0.1, 0.15) is 11.9 Å². The Morgan fingerprint density at radius 1 is 1.03 bits per heavy atom. The Bertz CT molecular complexity index is 1430. The summed E-state index contributed by atoms with van der Waals surface area (Å²) in [4.78, 5) is 27.3. The zero-order chi connectivity index (χ0) is 26.6. The molecule has 4 rings (SSSR count). The molecule has 3 aromatic carbocycles. The van der Waals surface area contributed by atoms with Crippen LogP contribution in [-0.4, -0.2) is 57.1 Å². The number of nitrogens with one attached hydrogen (secondary N) is 3. The smallest absolute Gasteiger partial charge is 0.241 e. The summed E-state index contributed by atoms with van der Waals surface area (Å²) >= 11 is 0. The van der Waals surface area contributed by atoms with Crippen molar-refractivity contribution in [3.63, 3.8) is 0 Å². The summed E-state index contributed by atoms with van der Waals surface area (Å²) in [5.74, 6) is -0.693. The first-order chi connectivity index (χ1) is 17.7. The number of piperidine rings is 1. The van der Waals surface area contributed by atoms with E-state index in [2.05, 4.69) is 10.0 Å². The van der Waals surface area contributed by atoms with Gasteiger partial charge in [-0.1, -0.05) is 48.5 Å². The summed E-state index contributed by atoms with van der Waals surface area (Å²) in [7, 11) is -2.45. The molecule has 5 N–H and O–H groups in total. The summed E-state index contributed by atoms with van der Waals surface area (Å²) in [6.07, 6.45) is 1.10. The molecule has 0 saturated carbocycles. The standard InChI is InChI=1S/C27H31N5O4S/c1-30-26(33)20-11-13-32(14-12-20)27(34)24(16-18-5-4-8-22(15-18)25(28)29)31-37(35,36)23-10-9-19-6-2-3-7-21(19)17-23/h2-10,15,17,20,24,31H,11-14,16H2,1H3,(H3,28,29)(H,30,33). The summed E-state index contributed by atoms with van der Waals surface area (Å²) in [5.41, 5.74) is 6.79. The van der Waals surface area contributed by atoms with Crippen LogP contribution < -0.4 is 15.8 Å². The van der Waals surface area contributed by atoms with Crippen LogP contribution in [0.2, 0.25) is 0 Å². The van der Waals surface area contributed by atoms with Crippen molar-refractivity contribution in [3.05, 3.63) is 77.9 Å². The second kappa shape index (κ2) is 11.1. The number of fused-ring (bicyclic) bond motifs is 1. The first kappa shape index (κ1) is 26.3. The topological polar surface area (TPSA) is 145 Å². The molecule has 2 amide bonds. The highest BCUT2D eigenvalue weighted by atomic mass is 32.2. The lowest BCUT2D eigenvalue weighted by molar-refractivity contribution is -0.136. The third-order valence-corrected chi connectivity index (χ3v) is 8.20. The van der Waals surface area contributed by atoms with E-state index >= 15 is 0 Å². The molecule has 1 unspecified atom stereocenters. The highest BCUT2D eigenvalue weighted by molar-refractivity contribution is 7.89. The van der Waals surface area contributed by atoms with Crippen molar-refractivity contribution in [1.29, 1.82) is 5.41 Å². The van der Waals surface area contributed by atoms with Crippen LogP contribution in [0.15, 0.2) is 71.6 Å². The lowest BCUT2D eigenvalue weighted by atomic mass is 9.95. The molecule has 1 saturated heterocycles. The molecule has 1 aliphatic heterocycles. The van der Waals surface area contributed by atoms with Crippen LogP contribution >= 0.6 is 0 Å². The zero-order valence-corrected chi connectivity index (χ0v) is 21.4. The average molecular weight is 522 g/mol. The number of rotatable bonds is 8. The maximum Gasteiger partial charge on any atom is 0.241 e. The zero-order valence-electron chi connectivity index (χ0n) is 20.6. The minimum atomic E-state index is -4.04. The predicted octanol–water partition coefficient (Wildman–Crippen LogP) is 2.00. The lowest BCUT2D eigenvalue weighted by Gasteiger charge is -2.33. The monoisotopic (exact) mass is 521 g/mol. The van der Waals surface area contributed by atoms with E-state index in [1.165, 1.54) is 6.07 Å². The predicted molar refractivity (Wildman–Crippen MR) is 143 cm³/mol. The molecule has 3 aromatic rings. The highest BCUT2D eigenvalue weighted by Crippen LogP contribution is 2.22. The van der Waals surface area contributed by atoms with Gasteiger partial charge in [0.05, 0.1) is 4.90 Å². The van der Waals surface area contributed by atoms with Crippen molar-refractivity contribution in [1.82, 2.24) is 14.9 Å². The van der Waals surface area contributed by atoms with Gasteiger partial charge in [-0.2, -0.15) is 4.72 Å². The Balaban J connectivity index is 1.61. The Labute approximate surface area is 216 Å². The summed E-state index contributed by atoms with van der Waals surface area (Å²) in [6, 6.07) is 18.1. The number of nitrogen functional groups attached to an aromatic ring is 1. The largest absolute Gasteiger partial charge is 0.384 e. The van der Waals surface area contributed by atoms with Crippen molar-refractivity contribution in [3.8, 4) is 0 Å². The molecule has 194 valence electrons. The molecule has 0 radical (unpaired) electrons. The van der Waals surface area contributed by atoms with Gasteiger partial charge in [0.25, 0.3) is 0 Å². The molecule has 0 aromatic heterocycles. The van der Waals surface area contributed by atoms with Crippen LogP contribution in [0.3, 0.4) is 0 Å². The second-order valence-corrected chi connectivity index (χ2v) is 10.9. The van der Waals surface area contributed by atoms with E-state index in [9.17, 15) is 18.0 Å². The van der Waals surface area contributed by atoms with Gasteiger partial charge in [0, 0.05) is 31.6 Å². The van der Waals surface area contributed by atoms with Crippen molar-refractivity contribution in [2.24, 2.45) is 11.7 Å². The first-order valence-electron chi connectivity index (χ1n) is 12.1. The van der Waals surface area contributed by atoms with Gasteiger partial charge in [-0.3, -0.25) is 15.0 Å². The van der Waals surface area contributed by atoms with Crippen molar-refractivity contribution in [2.45, 2.75) is 30.2 Å². The van der Waals surface area contributed by atoms with Gasteiger partial charge in [-0.25, -0.2) is 8.42 Å². The van der Waals surface area contributed by atoms with Gasteiger partial charge in [0.2, 0.25) is 21.8 Å². The average Bonchev–Trinajstić information content (AvgIpc) is 2.91. The van der Waals surface area contributed by atoms with Crippen molar-refractivity contribution in [2.75, 3.05) is 20.1 Å². The Morgan fingerprint density at radius 3 is 2.41 bits per heavy atom. The van der Waals surface area contributed by atoms with Gasteiger partial charge in [-0.05, 0) is 53.8 Å². The Kier molecular flexibility index (Phi) is 7.89. The third-order valence-electron chi connectivity index (χ3n) is 6.73. The molecule has 1 fully saturated rings. The minimum Gasteiger partial charge on any atom is -0.384 e. The maximum absolute atomic E-state index is 13.6. The molecule has 1 atom stereocenters. The summed E-state index contributed by atoms with van der Waals surface area (Å²) < 4.78 is 29.5. The van der Waals surface area contributed by atoms with Crippen LogP contribution in [-0.2, 0) is 26.0 Å². The number of nitrogens with zero attached hydrogens (tertiary/aromatic N) is 1. The summed E-state index contributed by atoms with van der Waals surface area (Å²) in [5, 5.41) is 12.0. The molecule has 0 spiro atoms. The van der Waals surface area contributed by atoms with Gasteiger partial charge < -0.3 is 16.0 Å². The van der Waals surface area contributed by atoms with Crippen LogP contribution in [0.5, 0.6) is 0 Å². The fourth-order valence-electron chi connectivity index (χ4n) is 4.66. The molecular formula is C27H31N5O4S. The Morgan fingerprint density at radius 2 is 1.73 bits per heavy atom. The van der Waals surface area contributed by atoms with E-state index in [-0.39, 0.29) is 34.9 Å². The number of likely N-dealkylation sites (tertiary alicyclic amines) is 1. The van der Waals surface area contributed by atoms with Crippen molar-refractivity contribution < 1.29 is 18.0 Å². The van der Waals surface area contributed by atoms with Crippen LogP contribution in [0, 0.1) is 11.3 Å². The first-order valence-corrected chi connectivity index (χ1v) is 13.6.